The van der Waals surface area contributed by atoms with Crippen LogP contribution < -0.4 is 5.32 Å². The Labute approximate surface area is 107 Å². The molecule has 5 nitrogen and oxygen atoms in total. The molecular weight excluding hydrogens is 234 g/mol. The van der Waals surface area contributed by atoms with Crippen LogP contribution in [0.3, 0.4) is 0 Å². The van der Waals surface area contributed by atoms with E-state index in [0.717, 1.165) is 19.3 Å². The molecule has 0 aromatic rings. The molecule has 5 heteroatoms. The maximum absolute atomic E-state index is 11.7. The Hall–Kier alpha value is -1.26. The van der Waals surface area contributed by atoms with E-state index in [4.69, 9.17) is 4.74 Å². The van der Waals surface area contributed by atoms with E-state index in [0.29, 0.717) is 5.92 Å². The molecule has 2 unspecified atom stereocenters. The zero-order chi connectivity index (χ0) is 13.5. The summed E-state index contributed by atoms with van der Waals surface area (Å²) in [7, 11) is 0. The van der Waals surface area contributed by atoms with Crippen LogP contribution in [0.2, 0.25) is 0 Å². The molecule has 0 spiro atoms. The number of aliphatic carboxylic acids is 1. The Bertz CT molecular complexity index is 360. The second kappa shape index (κ2) is 4.44. The van der Waals surface area contributed by atoms with E-state index < -0.39 is 23.6 Å². The number of amides is 1. The SMILES string of the molecule is CC(C)(C)OC(=O)NC1C(C(=O)O)[C@@H]2CC[C@H]1C2. The van der Waals surface area contributed by atoms with Gasteiger partial charge in [0.05, 0.1) is 5.92 Å². The summed E-state index contributed by atoms with van der Waals surface area (Å²) >= 11 is 0. The van der Waals surface area contributed by atoms with Gasteiger partial charge >= 0.3 is 12.1 Å². The van der Waals surface area contributed by atoms with Crippen LogP contribution >= 0.6 is 0 Å². The number of nitrogens with one attached hydrogen (secondary N) is 1. The van der Waals surface area contributed by atoms with Gasteiger partial charge in [0.2, 0.25) is 0 Å². The van der Waals surface area contributed by atoms with Gasteiger partial charge in [0.25, 0.3) is 0 Å². The van der Waals surface area contributed by atoms with Crippen LogP contribution in [0.15, 0.2) is 0 Å². The normalized spacial score (nSPS) is 34.4. The van der Waals surface area contributed by atoms with Crippen molar-refractivity contribution in [1.82, 2.24) is 5.32 Å². The van der Waals surface area contributed by atoms with E-state index in [2.05, 4.69) is 5.32 Å². The first-order valence-corrected chi connectivity index (χ1v) is 6.50. The number of hydrogen-bond acceptors (Lipinski definition) is 3. The van der Waals surface area contributed by atoms with Crippen LogP contribution in [-0.4, -0.2) is 28.8 Å². The van der Waals surface area contributed by atoms with E-state index in [-0.39, 0.29) is 12.0 Å². The average molecular weight is 255 g/mol. The van der Waals surface area contributed by atoms with Crippen LogP contribution in [0, 0.1) is 17.8 Å². The van der Waals surface area contributed by atoms with E-state index in [9.17, 15) is 14.7 Å². The number of alkyl carbamates (subject to hydrolysis) is 1. The van der Waals surface area contributed by atoms with E-state index >= 15 is 0 Å². The molecule has 2 N–H and O–H groups in total. The van der Waals surface area contributed by atoms with Crippen molar-refractivity contribution < 1.29 is 19.4 Å². The molecule has 18 heavy (non-hydrogen) atoms. The summed E-state index contributed by atoms with van der Waals surface area (Å²) in [6.07, 6.45) is 2.38. The fourth-order valence-electron chi connectivity index (χ4n) is 3.30. The maximum Gasteiger partial charge on any atom is 0.407 e. The standard InChI is InChI=1S/C13H21NO4/c1-13(2,3)18-12(17)14-10-8-5-4-7(6-8)9(10)11(15)16/h7-10H,4-6H2,1-3H3,(H,14,17)(H,15,16)/t7-,8+,9?,10?/m1/s1. The third-order valence-electron chi connectivity index (χ3n) is 3.88. The predicted molar refractivity (Wildman–Crippen MR) is 65.1 cm³/mol. The topological polar surface area (TPSA) is 75.6 Å². The summed E-state index contributed by atoms with van der Waals surface area (Å²) in [5, 5.41) is 12.0. The van der Waals surface area contributed by atoms with Gasteiger partial charge in [0, 0.05) is 6.04 Å². The first-order valence-electron chi connectivity index (χ1n) is 6.50. The zero-order valence-electron chi connectivity index (χ0n) is 11.1. The van der Waals surface area contributed by atoms with Crippen molar-refractivity contribution >= 4 is 12.1 Å². The Morgan fingerprint density at radius 1 is 1.22 bits per heavy atom. The first-order chi connectivity index (χ1) is 8.28. The van der Waals surface area contributed by atoms with Crippen molar-refractivity contribution in [2.24, 2.45) is 17.8 Å². The van der Waals surface area contributed by atoms with Crippen molar-refractivity contribution in [3.8, 4) is 0 Å². The number of carboxylic acids is 1. The molecule has 2 rings (SSSR count). The highest BCUT2D eigenvalue weighted by Crippen LogP contribution is 2.48. The quantitative estimate of drug-likeness (QED) is 0.791. The van der Waals surface area contributed by atoms with Crippen molar-refractivity contribution in [2.45, 2.75) is 51.7 Å². The fraction of sp³-hybridized carbons (Fsp3) is 0.846. The third-order valence-corrected chi connectivity index (χ3v) is 3.88. The number of hydrogen-bond donors (Lipinski definition) is 2. The van der Waals surface area contributed by atoms with Crippen LogP contribution in [0.25, 0.3) is 0 Å². The Morgan fingerprint density at radius 3 is 2.39 bits per heavy atom. The molecule has 2 bridgehead atoms. The molecule has 102 valence electrons. The Balaban J connectivity index is 2.00. The molecule has 0 aliphatic heterocycles. The van der Waals surface area contributed by atoms with Gasteiger partial charge in [0.15, 0.2) is 0 Å². The highest BCUT2D eigenvalue weighted by atomic mass is 16.6. The van der Waals surface area contributed by atoms with Gasteiger partial charge in [-0.2, -0.15) is 0 Å². The van der Waals surface area contributed by atoms with Gasteiger partial charge in [-0.1, -0.05) is 0 Å². The van der Waals surface area contributed by atoms with Crippen LogP contribution in [0.4, 0.5) is 4.79 Å². The van der Waals surface area contributed by atoms with E-state index in [1.54, 1.807) is 20.8 Å². The molecular formula is C13H21NO4. The monoisotopic (exact) mass is 255 g/mol. The predicted octanol–water partition coefficient (Wildman–Crippen LogP) is 2.01. The lowest BCUT2D eigenvalue weighted by molar-refractivity contribution is -0.144. The summed E-state index contributed by atoms with van der Waals surface area (Å²) in [5.74, 6) is -0.740. The van der Waals surface area contributed by atoms with E-state index in [1.807, 2.05) is 0 Å². The van der Waals surface area contributed by atoms with Crippen LogP contribution in [0.5, 0.6) is 0 Å². The van der Waals surface area contributed by atoms with Gasteiger partial charge in [0.1, 0.15) is 5.60 Å². The minimum Gasteiger partial charge on any atom is -0.481 e. The highest BCUT2D eigenvalue weighted by Gasteiger charge is 2.51. The Kier molecular flexibility index (Phi) is 3.25. The maximum atomic E-state index is 11.7. The number of ether oxygens (including phenoxy) is 1. The molecule has 2 aliphatic rings. The summed E-state index contributed by atoms with van der Waals surface area (Å²) in [5.41, 5.74) is -0.555. The molecule has 0 aromatic heterocycles. The smallest absolute Gasteiger partial charge is 0.407 e. The minimum atomic E-state index is -0.803. The molecule has 2 fully saturated rings. The van der Waals surface area contributed by atoms with Gasteiger partial charge in [-0.3, -0.25) is 4.79 Å². The molecule has 1 amide bonds. The largest absolute Gasteiger partial charge is 0.481 e. The zero-order valence-corrected chi connectivity index (χ0v) is 11.1. The fourth-order valence-corrected chi connectivity index (χ4v) is 3.30. The molecule has 0 radical (unpaired) electrons. The first kappa shape index (κ1) is 13.2. The lowest BCUT2D eigenvalue weighted by Gasteiger charge is -2.30. The molecule has 0 heterocycles. The van der Waals surface area contributed by atoms with Crippen LogP contribution in [0.1, 0.15) is 40.0 Å². The number of rotatable bonds is 2. The van der Waals surface area contributed by atoms with Crippen molar-refractivity contribution in [3.05, 3.63) is 0 Å². The van der Waals surface area contributed by atoms with Crippen LogP contribution in [-0.2, 0) is 9.53 Å². The highest BCUT2D eigenvalue weighted by molar-refractivity contribution is 5.75. The molecule has 0 saturated heterocycles. The third kappa shape index (κ3) is 2.60. The van der Waals surface area contributed by atoms with E-state index in [1.165, 1.54) is 0 Å². The number of carboxylic acid groups (broad SMARTS) is 1. The van der Waals surface area contributed by atoms with Crippen molar-refractivity contribution in [2.75, 3.05) is 0 Å². The molecule has 4 atom stereocenters. The van der Waals surface area contributed by atoms with Crippen molar-refractivity contribution in [3.63, 3.8) is 0 Å². The number of carbonyl (C=O) groups excluding carboxylic acids is 1. The Morgan fingerprint density at radius 2 is 1.83 bits per heavy atom. The number of carbonyl (C=O) groups is 2. The van der Waals surface area contributed by atoms with Crippen molar-refractivity contribution in [1.29, 1.82) is 0 Å². The summed E-state index contributed by atoms with van der Waals surface area (Å²) < 4.78 is 5.19. The second-order valence-corrected chi connectivity index (χ2v) is 6.37. The van der Waals surface area contributed by atoms with Gasteiger partial charge < -0.3 is 15.2 Å². The molecule has 0 aromatic carbocycles. The number of fused-ring (bicyclic) bond motifs is 2. The van der Waals surface area contributed by atoms with Gasteiger partial charge in [-0.05, 0) is 51.9 Å². The van der Waals surface area contributed by atoms with Gasteiger partial charge in [-0.15, -0.1) is 0 Å². The second-order valence-electron chi connectivity index (χ2n) is 6.37. The lowest BCUT2D eigenvalue weighted by Crippen LogP contribution is -2.48. The molecule has 2 saturated carbocycles. The molecule has 2 aliphatic carbocycles. The summed E-state index contributed by atoms with van der Waals surface area (Å²) in [6, 6.07) is -0.268. The lowest BCUT2D eigenvalue weighted by atomic mass is 9.84. The average Bonchev–Trinajstić information content (AvgIpc) is 2.73. The summed E-state index contributed by atoms with van der Waals surface area (Å²) in [4.78, 5) is 23.0. The van der Waals surface area contributed by atoms with Gasteiger partial charge in [-0.25, -0.2) is 4.79 Å². The minimum absolute atomic E-state index is 0.215. The summed E-state index contributed by atoms with van der Waals surface area (Å²) in [6.45, 7) is 5.38.